The van der Waals surface area contributed by atoms with Crippen LogP contribution in [0.1, 0.15) is 13.3 Å². The molecule has 1 aliphatic rings. The number of hydrogen-bond acceptors (Lipinski definition) is 3. The first-order valence-electron chi connectivity index (χ1n) is 4.68. The Kier molecular flexibility index (Phi) is 3.69. The summed E-state index contributed by atoms with van der Waals surface area (Å²) in [7, 11) is 0. The molecule has 1 aliphatic heterocycles. The van der Waals surface area contributed by atoms with Crippen LogP contribution in [0.4, 0.5) is 0 Å². The summed E-state index contributed by atoms with van der Waals surface area (Å²) in [6.45, 7) is 4.67. The lowest BCUT2D eigenvalue weighted by atomic mass is 10.00. The van der Waals surface area contributed by atoms with Gasteiger partial charge in [-0.15, -0.1) is 0 Å². The normalized spacial score (nSPS) is 29.4. The lowest BCUT2D eigenvalue weighted by molar-refractivity contribution is -0.137. The number of carboxylic acid groups (broad SMARTS) is 1. The van der Waals surface area contributed by atoms with Gasteiger partial charge in [0.1, 0.15) is 0 Å². The van der Waals surface area contributed by atoms with Gasteiger partial charge in [-0.3, -0.25) is 4.79 Å². The monoisotopic (exact) mass is 187 g/mol. The first-order valence-corrected chi connectivity index (χ1v) is 4.68. The molecular formula is C9H17NO3. The van der Waals surface area contributed by atoms with Crippen LogP contribution in [0.25, 0.3) is 0 Å². The van der Waals surface area contributed by atoms with Crippen molar-refractivity contribution in [3.63, 3.8) is 0 Å². The molecule has 0 aromatic heterocycles. The Balaban J connectivity index is 2.27. The third-order valence-corrected chi connectivity index (χ3v) is 2.72. The van der Waals surface area contributed by atoms with Gasteiger partial charge in [-0.1, -0.05) is 6.92 Å². The number of aliphatic hydroxyl groups is 1. The van der Waals surface area contributed by atoms with Crippen LogP contribution in [-0.4, -0.2) is 47.3 Å². The maximum Gasteiger partial charge on any atom is 0.304 e. The van der Waals surface area contributed by atoms with Gasteiger partial charge in [0, 0.05) is 26.2 Å². The SMILES string of the molecule is C[C@@H]1CN(CCC(=O)O)C[C@H]1CO. The van der Waals surface area contributed by atoms with Crippen molar-refractivity contribution in [1.29, 1.82) is 0 Å². The van der Waals surface area contributed by atoms with Gasteiger partial charge in [-0.2, -0.15) is 0 Å². The van der Waals surface area contributed by atoms with Crippen molar-refractivity contribution in [2.75, 3.05) is 26.2 Å². The topological polar surface area (TPSA) is 60.8 Å². The predicted octanol–water partition coefficient (Wildman–Crippen LogP) is 0.0213. The molecule has 0 aliphatic carbocycles. The highest BCUT2D eigenvalue weighted by Crippen LogP contribution is 2.21. The van der Waals surface area contributed by atoms with E-state index in [2.05, 4.69) is 11.8 Å². The van der Waals surface area contributed by atoms with Gasteiger partial charge in [-0.05, 0) is 11.8 Å². The number of rotatable bonds is 4. The van der Waals surface area contributed by atoms with E-state index in [9.17, 15) is 4.79 Å². The highest BCUT2D eigenvalue weighted by Gasteiger charge is 2.28. The molecule has 2 atom stereocenters. The zero-order chi connectivity index (χ0) is 9.84. The zero-order valence-corrected chi connectivity index (χ0v) is 7.94. The zero-order valence-electron chi connectivity index (χ0n) is 7.94. The molecule has 0 aromatic rings. The van der Waals surface area contributed by atoms with Crippen molar-refractivity contribution in [2.24, 2.45) is 11.8 Å². The average molecular weight is 187 g/mol. The molecule has 4 nitrogen and oxygen atoms in total. The quantitative estimate of drug-likeness (QED) is 0.651. The van der Waals surface area contributed by atoms with Crippen LogP contribution in [0, 0.1) is 11.8 Å². The molecule has 1 fully saturated rings. The van der Waals surface area contributed by atoms with Crippen molar-refractivity contribution >= 4 is 5.97 Å². The summed E-state index contributed by atoms with van der Waals surface area (Å²) in [6.07, 6.45) is 0.199. The summed E-state index contributed by atoms with van der Waals surface area (Å²) in [4.78, 5) is 12.4. The molecule has 1 saturated heterocycles. The fraction of sp³-hybridized carbons (Fsp3) is 0.889. The van der Waals surface area contributed by atoms with Crippen molar-refractivity contribution in [3.8, 4) is 0 Å². The highest BCUT2D eigenvalue weighted by atomic mass is 16.4. The van der Waals surface area contributed by atoms with Crippen LogP contribution >= 0.6 is 0 Å². The van der Waals surface area contributed by atoms with Gasteiger partial charge in [-0.25, -0.2) is 0 Å². The van der Waals surface area contributed by atoms with Gasteiger partial charge in [0.05, 0.1) is 6.42 Å². The number of nitrogens with zero attached hydrogens (tertiary/aromatic N) is 1. The lowest BCUT2D eigenvalue weighted by Crippen LogP contribution is -2.24. The minimum Gasteiger partial charge on any atom is -0.481 e. The van der Waals surface area contributed by atoms with Gasteiger partial charge < -0.3 is 15.1 Å². The van der Waals surface area contributed by atoms with E-state index in [1.165, 1.54) is 0 Å². The molecule has 1 rings (SSSR count). The maximum atomic E-state index is 10.3. The van der Waals surface area contributed by atoms with E-state index in [1.807, 2.05) is 0 Å². The first-order chi connectivity index (χ1) is 6.13. The average Bonchev–Trinajstić information content (AvgIpc) is 2.43. The summed E-state index contributed by atoms with van der Waals surface area (Å²) < 4.78 is 0. The van der Waals surface area contributed by atoms with Crippen LogP contribution in [0.5, 0.6) is 0 Å². The largest absolute Gasteiger partial charge is 0.481 e. The summed E-state index contributed by atoms with van der Waals surface area (Å²) in [5, 5.41) is 17.5. The predicted molar refractivity (Wildman–Crippen MR) is 48.4 cm³/mol. The number of aliphatic hydroxyl groups excluding tert-OH is 1. The third-order valence-electron chi connectivity index (χ3n) is 2.72. The molecule has 1 heterocycles. The maximum absolute atomic E-state index is 10.3. The molecule has 13 heavy (non-hydrogen) atoms. The molecule has 76 valence electrons. The van der Waals surface area contributed by atoms with Gasteiger partial charge in [0.15, 0.2) is 0 Å². The van der Waals surface area contributed by atoms with E-state index < -0.39 is 5.97 Å². The number of hydrogen-bond donors (Lipinski definition) is 2. The number of likely N-dealkylation sites (tertiary alicyclic amines) is 1. The van der Waals surface area contributed by atoms with E-state index >= 15 is 0 Å². The third kappa shape index (κ3) is 2.97. The Hall–Kier alpha value is -0.610. The second-order valence-corrected chi connectivity index (χ2v) is 3.82. The van der Waals surface area contributed by atoms with Crippen molar-refractivity contribution in [2.45, 2.75) is 13.3 Å². The molecule has 0 unspecified atom stereocenters. The minimum absolute atomic E-state index is 0.199. The fourth-order valence-electron chi connectivity index (χ4n) is 1.82. The molecule has 4 heteroatoms. The number of aliphatic carboxylic acids is 1. The van der Waals surface area contributed by atoms with Crippen LogP contribution in [0.15, 0.2) is 0 Å². The Morgan fingerprint density at radius 3 is 2.69 bits per heavy atom. The Morgan fingerprint density at radius 1 is 1.54 bits per heavy atom. The lowest BCUT2D eigenvalue weighted by Gasteiger charge is -2.13. The van der Waals surface area contributed by atoms with E-state index in [1.54, 1.807) is 0 Å². The minimum atomic E-state index is -0.750. The first kappa shape index (κ1) is 10.5. The molecular weight excluding hydrogens is 170 g/mol. The van der Waals surface area contributed by atoms with Crippen LogP contribution in [0.3, 0.4) is 0 Å². The Labute approximate surface area is 78.2 Å². The van der Waals surface area contributed by atoms with Gasteiger partial charge in [0.25, 0.3) is 0 Å². The van der Waals surface area contributed by atoms with E-state index in [4.69, 9.17) is 10.2 Å². The molecule has 0 aromatic carbocycles. The number of carboxylic acids is 1. The molecule has 0 spiro atoms. The summed E-state index contributed by atoms with van der Waals surface area (Å²) >= 11 is 0. The van der Waals surface area contributed by atoms with Gasteiger partial charge in [0.2, 0.25) is 0 Å². The second kappa shape index (κ2) is 4.58. The van der Waals surface area contributed by atoms with Crippen molar-refractivity contribution in [1.82, 2.24) is 4.90 Å². The molecule has 2 N–H and O–H groups in total. The summed E-state index contributed by atoms with van der Waals surface area (Å²) in [5.41, 5.74) is 0. The van der Waals surface area contributed by atoms with Crippen molar-refractivity contribution < 1.29 is 15.0 Å². The Bertz CT molecular complexity index is 184. The van der Waals surface area contributed by atoms with E-state index in [0.29, 0.717) is 18.4 Å². The Morgan fingerprint density at radius 2 is 2.23 bits per heavy atom. The van der Waals surface area contributed by atoms with Gasteiger partial charge >= 0.3 is 5.97 Å². The fourth-order valence-corrected chi connectivity index (χ4v) is 1.82. The second-order valence-electron chi connectivity index (χ2n) is 3.82. The molecule has 0 radical (unpaired) electrons. The van der Waals surface area contributed by atoms with Crippen molar-refractivity contribution in [3.05, 3.63) is 0 Å². The van der Waals surface area contributed by atoms with Crippen LogP contribution in [0.2, 0.25) is 0 Å². The van der Waals surface area contributed by atoms with Crippen LogP contribution < -0.4 is 0 Å². The number of carbonyl (C=O) groups is 1. The highest BCUT2D eigenvalue weighted by molar-refractivity contribution is 5.66. The smallest absolute Gasteiger partial charge is 0.304 e. The van der Waals surface area contributed by atoms with Crippen LogP contribution in [-0.2, 0) is 4.79 Å². The summed E-state index contributed by atoms with van der Waals surface area (Å²) in [6, 6.07) is 0. The summed E-state index contributed by atoms with van der Waals surface area (Å²) in [5.74, 6) is 0.0627. The molecule has 0 amide bonds. The molecule has 0 bridgehead atoms. The van der Waals surface area contributed by atoms with E-state index in [-0.39, 0.29) is 13.0 Å². The van der Waals surface area contributed by atoms with E-state index in [0.717, 1.165) is 13.1 Å². The standard InChI is InChI=1S/C9H17NO3/c1-7-4-10(3-2-9(12)13)5-8(7)6-11/h7-8,11H,2-6H2,1H3,(H,12,13)/t7-,8+/m1/s1. The molecule has 0 saturated carbocycles.